The van der Waals surface area contributed by atoms with E-state index in [2.05, 4.69) is 33.8 Å². The van der Waals surface area contributed by atoms with Crippen LogP contribution in [0.4, 0.5) is 0 Å². The van der Waals surface area contributed by atoms with Gasteiger partial charge in [-0.25, -0.2) is 4.79 Å². The molecular weight excluding hydrogens is 388 g/mol. The van der Waals surface area contributed by atoms with Crippen molar-refractivity contribution >= 4 is 11.9 Å². The van der Waals surface area contributed by atoms with Crippen molar-refractivity contribution < 1.29 is 19.1 Å². The predicted molar refractivity (Wildman–Crippen MR) is 125 cm³/mol. The molecule has 0 aliphatic heterocycles. The molecule has 4 heteroatoms. The van der Waals surface area contributed by atoms with Crippen molar-refractivity contribution in [3.8, 4) is 5.75 Å². The Labute approximate surface area is 187 Å². The molecule has 0 aliphatic rings. The molecular formula is C27H36O4. The molecule has 0 N–H and O–H groups in total. The first-order valence-corrected chi connectivity index (χ1v) is 11.3. The van der Waals surface area contributed by atoms with Gasteiger partial charge in [-0.15, -0.1) is 0 Å². The third-order valence-corrected chi connectivity index (χ3v) is 5.97. The number of rotatable bonds is 10. The molecule has 1 atom stereocenters. The van der Waals surface area contributed by atoms with Crippen LogP contribution in [0.15, 0.2) is 42.5 Å². The zero-order valence-corrected chi connectivity index (χ0v) is 19.8. The Hall–Kier alpha value is -2.62. The minimum atomic E-state index is -0.468. The summed E-state index contributed by atoms with van der Waals surface area (Å²) in [4.78, 5) is 25.8. The van der Waals surface area contributed by atoms with Gasteiger partial charge in [-0.3, -0.25) is 4.79 Å². The predicted octanol–water partition coefficient (Wildman–Crippen LogP) is 6.74. The molecule has 0 spiro atoms. The van der Waals surface area contributed by atoms with E-state index in [9.17, 15) is 9.59 Å². The molecule has 0 heterocycles. The highest BCUT2D eigenvalue weighted by Crippen LogP contribution is 2.39. The Balaban J connectivity index is 2.61. The van der Waals surface area contributed by atoms with Gasteiger partial charge in [0.15, 0.2) is 0 Å². The van der Waals surface area contributed by atoms with Crippen LogP contribution in [0, 0.1) is 6.92 Å². The lowest BCUT2D eigenvalue weighted by Gasteiger charge is -2.28. The van der Waals surface area contributed by atoms with Crippen molar-refractivity contribution in [1.29, 1.82) is 0 Å². The normalized spacial score (nSPS) is 12.3. The summed E-state index contributed by atoms with van der Waals surface area (Å²) in [5.74, 6) is -0.687. The third-order valence-electron chi connectivity index (χ3n) is 5.97. The van der Waals surface area contributed by atoms with Crippen LogP contribution in [0.3, 0.4) is 0 Å². The summed E-state index contributed by atoms with van der Waals surface area (Å²) in [7, 11) is 0. The fraction of sp³-hybridized carbons (Fsp3) is 0.481. The number of ether oxygens (including phenoxy) is 2. The molecule has 0 saturated carbocycles. The van der Waals surface area contributed by atoms with Crippen LogP contribution in [-0.4, -0.2) is 18.5 Å². The minimum Gasteiger partial charge on any atom is -0.466 e. The van der Waals surface area contributed by atoms with Crippen molar-refractivity contribution in [2.45, 2.75) is 78.6 Å². The Morgan fingerprint density at radius 3 is 2.29 bits per heavy atom. The summed E-state index contributed by atoms with van der Waals surface area (Å²) in [5, 5.41) is 0. The Morgan fingerprint density at radius 2 is 1.71 bits per heavy atom. The lowest BCUT2D eigenvalue weighted by atomic mass is 9.79. The molecule has 31 heavy (non-hydrogen) atoms. The van der Waals surface area contributed by atoms with E-state index in [-0.39, 0.29) is 11.4 Å². The molecule has 0 aliphatic carbocycles. The van der Waals surface area contributed by atoms with Gasteiger partial charge in [-0.1, -0.05) is 70.9 Å². The van der Waals surface area contributed by atoms with Crippen LogP contribution in [0.5, 0.6) is 5.75 Å². The Bertz CT molecular complexity index is 884. The fourth-order valence-corrected chi connectivity index (χ4v) is 3.57. The van der Waals surface area contributed by atoms with E-state index in [1.807, 2.05) is 26.0 Å². The van der Waals surface area contributed by atoms with Gasteiger partial charge in [-0.2, -0.15) is 0 Å². The van der Waals surface area contributed by atoms with Gasteiger partial charge < -0.3 is 9.47 Å². The number of carbonyl (C=O) groups is 2. The van der Waals surface area contributed by atoms with Crippen molar-refractivity contribution in [2.75, 3.05) is 6.61 Å². The van der Waals surface area contributed by atoms with E-state index in [1.54, 1.807) is 24.3 Å². The molecule has 0 bridgehead atoms. The van der Waals surface area contributed by atoms with Gasteiger partial charge in [0.25, 0.3) is 0 Å². The first kappa shape index (κ1) is 24.6. The lowest BCUT2D eigenvalue weighted by Crippen LogP contribution is -2.22. The molecule has 4 nitrogen and oxygen atoms in total. The standard InChI is InChI=1S/C27H36O4/c1-7-10-16-22(26(29)30-9-3)23-18-21(27(5,6)8-2)17-19(4)24(23)31-25(28)20-14-12-11-13-15-20/h11-15,17-18,22H,7-10,16H2,1-6H3. The monoisotopic (exact) mass is 424 g/mol. The summed E-state index contributed by atoms with van der Waals surface area (Å²) in [5.41, 5.74) is 3.14. The van der Waals surface area contributed by atoms with E-state index >= 15 is 0 Å². The highest BCUT2D eigenvalue weighted by atomic mass is 16.5. The van der Waals surface area contributed by atoms with Gasteiger partial charge >= 0.3 is 11.9 Å². The van der Waals surface area contributed by atoms with Crippen molar-refractivity contribution in [3.05, 3.63) is 64.7 Å². The molecule has 2 aromatic carbocycles. The quantitative estimate of drug-likeness (QED) is 0.313. The average molecular weight is 425 g/mol. The SMILES string of the molecule is CCCCC(C(=O)OCC)c1cc(C(C)(C)CC)cc(C)c1OC(=O)c1ccccc1. The molecule has 168 valence electrons. The van der Waals surface area contributed by atoms with Gasteiger partial charge in [0.1, 0.15) is 5.75 Å². The van der Waals surface area contributed by atoms with E-state index < -0.39 is 11.9 Å². The summed E-state index contributed by atoms with van der Waals surface area (Å²) >= 11 is 0. The zero-order chi connectivity index (χ0) is 23.0. The van der Waals surface area contributed by atoms with Crippen molar-refractivity contribution in [3.63, 3.8) is 0 Å². The van der Waals surface area contributed by atoms with Gasteiger partial charge in [-0.05, 0) is 55.4 Å². The van der Waals surface area contributed by atoms with Crippen LogP contribution in [0.2, 0.25) is 0 Å². The zero-order valence-electron chi connectivity index (χ0n) is 19.8. The fourth-order valence-electron chi connectivity index (χ4n) is 3.57. The first-order valence-electron chi connectivity index (χ1n) is 11.3. The van der Waals surface area contributed by atoms with Gasteiger partial charge in [0, 0.05) is 5.56 Å². The van der Waals surface area contributed by atoms with Crippen LogP contribution < -0.4 is 4.74 Å². The van der Waals surface area contributed by atoms with E-state index in [1.165, 1.54) is 0 Å². The van der Waals surface area contributed by atoms with Crippen LogP contribution in [0.1, 0.15) is 93.3 Å². The second kappa shape index (κ2) is 11.1. The molecule has 0 fully saturated rings. The third kappa shape index (κ3) is 6.19. The number of benzene rings is 2. The lowest BCUT2D eigenvalue weighted by molar-refractivity contribution is -0.145. The number of unbranched alkanes of at least 4 members (excludes halogenated alkanes) is 1. The number of carbonyl (C=O) groups excluding carboxylic acids is 2. The molecule has 2 aromatic rings. The molecule has 2 rings (SSSR count). The first-order chi connectivity index (χ1) is 14.7. The molecule has 0 amide bonds. The number of hydrogen-bond donors (Lipinski definition) is 0. The smallest absolute Gasteiger partial charge is 0.343 e. The van der Waals surface area contributed by atoms with Gasteiger partial charge in [0.2, 0.25) is 0 Å². The molecule has 0 saturated heterocycles. The summed E-state index contributed by atoms with van der Waals surface area (Å²) < 4.78 is 11.3. The maximum atomic E-state index is 12.9. The maximum Gasteiger partial charge on any atom is 0.343 e. The van der Waals surface area contributed by atoms with Crippen molar-refractivity contribution in [1.82, 2.24) is 0 Å². The number of hydrogen-bond acceptors (Lipinski definition) is 4. The van der Waals surface area contributed by atoms with E-state index in [4.69, 9.17) is 9.47 Å². The second-order valence-electron chi connectivity index (χ2n) is 8.65. The Kier molecular flexibility index (Phi) is 8.85. The van der Waals surface area contributed by atoms with Crippen LogP contribution in [0.25, 0.3) is 0 Å². The largest absolute Gasteiger partial charge is 0.466 e. The molecule has 0 aromatic heterocycles. The highest BCUT2D eigenvalue weighted by molar-refractivity contribution is 5.91. The average Bonchev–Trinajstić information content (AvgIpc) is 2.76. The van der Waals surface area contributed by atoms with Crippen LogP contribution in [-0.2, 0) is 14.9 Å². The summed E-state index contributed by atoms with van der Waals surface area (Å²) in [6.07, 6.45) is 3.46. The topological polar surface area (TPSA) is 52.6 Å². The van der Waals surface area contributed by atoms with Gasteiger partial charge in [0.05, 0.1) is 18.1 Å². The summed E-state index contributed by atoms with van der Waals surface area (Å²) in [6, 6.07) is 13.0. The highest BCUT2D eigenvalue weighted by Gasteiger charge is 2.30. The minimum absolute atomic E-state index is 0.0640. The maximum absolute atomic E-state index is 12.9. The second-order valence-corrected chi connectivity index (χ2v) is 8.65. The van der Waals surface area contributed by atoms with E-state index in [0.29, 0.717) is 24.3 Å². The van der Waals surface area contributed by atoms with Crippen molar-refractivity contribution in [2.24, 2.45) is 0 Å². The number of aryl methyl sites for hydroxylation is 1. The number of esters is 2. The Morgan fingerprint density at radius 1 is 1.03 bits per heavy atom. The van der Waals surface area contributed by atoms with Crippen LogP contribution >= 0.6 is 0 Å². The van der Waals surface area contributed by atoms with E-state index in [0.717, 1.165) is 36.0 Å². The molecule has 1 unspecified atom stereocenters. The molecule has 0 radical (unpaired) electrons. The summed E-state index contributed by atoms with van der Waals surface area (Å²) in [6.45, 7) is 12.7.